The molecule has 0 radical (unpaired) electrons. The van der Waals surface area contributed by atoms with E-state index in [1.165, 1.54) is 23.4 Å². The van der Waals surface area contributed by atoms with Crippen LogP contribution in [-0.2, 0) is 0 Å². The van der Waals surface area contributed by atoms with Crippen molar-refractivity contribution in [1.82, 2.24) is 14.9 Å². The zero-order valence-corrected chi connectivity index (χ0v) is 17.7. The Kier molecular flexibility index (Phi) is 6.40. The Hall–Kier alpha value is -3.21. The third-order valence-corrected chi connectivity index (χ3v) is 5.43. The molecule has 32 heavy (non-hydrogen) atoms. The van der Waals surface area contributed by atoms with Crippen LogP contribution < -0.4 is 10.5 Å². The molecule has 11 heteroatoms. The van der Waals surface area contributed by atoms with Gasteiger partial charge in [-0.2, -0.15) is 13.2 Å². The molecule has 0 fully saturated rings. The molecule has 0 saturated heterocycles. The predicted octanol–water partition coefficient (Wildman–Crippen LogP) is 2.71. The SMILES string of the molecule is Cc1cc(C(C)N2C(=O)c3ccnc(C(N)=O)c3C2[C@@H](C)CO)cnc1OCC(F)(F)F. The lowest BCUT2D eigenvalue weighted by Crippen LogP contribution is -2.35. The number of aromatic nitrogens is 2. The number of aryl methyl sites for hydroxylation is 1. The summed E-state index contributed by atoms with van der Waals surface area (Å²) in [6, 6.07) is 1.81. The normalized spacial score (nSPS) is 17.8. The first-order chi connectivity index (χ1) is 15.0. The molecule has 8 nitrogen and oxygen atoms in total. The van der Waals surface area contributed by atoms with Crippen molar-refractivity contribution in [2.75, 3.05) is 13.2 Å². The smallest absolute Gasteiger partial charge is 0.422 e. The first-order valence-corrected chi connectivity index (χ1v) is 9.84. The number of hydrogen-bond donors (Lipinski definition) is 2. The number of carbonyl (C=O) groups is 2. The van der Waals surface area contributed by atoms with Crippen molar-refractivity contribution < 1.29 is 32.6 Å². The summed E-state index contributed by atoms with van der Waals surface area (Å²) < 4.78 is 42.1. The van der Waals surface area contributed by atoms with Gasteiger partial charge in [0.2, 0.25) is 5.88 Å². The molecule has 0 bridgehead atoms. The number of carbonyl (C=O) groups excluding carboxylic acids is 2. The van der Waals surface area contributed by atoms with Crippen molar-refractivity contribution in [3.05, 3.63) is 52.5 Å². The minimum absolute atomic E-state index is 0.0407. The van der Waals surface area contributed by atoms with Gasteiger partial charge >= 0.3 is 6.18 Å². The van der Waals surface area contributed by atoms with E-state index in [-0.39, 0.29) is 29.7 Å². The highest BCUT2D eigenvalue weighted by Gasteiger charge is 2.45. The number of amides is 2. The van der Waals surface area contributed by atoms with Gasteiger partial charge in [-0.25, -0.2) is 4.98 Å². The minimum Gasteiger partial charge on any atom is -0.468 e. The summed E-state index contributed by atoms with van der Waals surface area (Å²) in [5.74, 6) is -1.77. The number of nitrogens with two attached hydrogens (primary N) is 1. The first kappa shape index (κ1) is 23.5. The maximum Gasteiger partial charge on any atom is 0.422 e. The van der Waals surface area contributed by atoms with Crippen molar-refractivity contribution >= 4 is 11.8 Å². The second-order valence-corrected chi connectivity index (χ2v) is 7.77. The van der Waals surface area contributed by atoms with E-state index >= 15 is 0 Å². The van der Waals surface area contributed by atoms with E-state index in [4.69, 9.17) is 10.5 Å². The number of hydrogen-bond acceptors (Lipinski definition) is 6. The molecular weight excluding hydrogens is 429 g/mol. The second kappa shape index (κ2) is 8.73. The second-order valence-electron chi connectivity index (χ2n) is 7.77. The number of alkyl halides is 3. The average molecular weight is 452 g/mol. The number of halogens is 3. The molecular formula is C21H23F3N4O4. The topological polar surface area (TPSA) is 119 Å². The third-order valence-electron chi connectivity index (χ3n) is 5.43. The maximum atomic E-state index is 13.3. The number of ether oxygens (including phenoxy) is 1. The summed E-state index contributed by atoms with van der Waals surface area (Å²) in [7, 11) is 0. The van der Waals surface area contributed by atoms with E-state index < -0.39 is 36.7 Å². The Morgan fingerprint density at radius 2 is 2.03 bits per heavy atom. The molecule has 0 spiro atoms. The Bertz CT molecular complexity index is 1040. The molecule has 2 aromatic heterocycles. The summed E-state index contributed by atoms with van der Waals surface area (Å²) in [6.07, 6.45) is -1.83. The summed E-state index contributed by atoms with van der Waals surface area (Å²) in [4.78, 5) is 34.7. The van der Waals surface area contributed by atoms with E-state index in [1.807, 2.05) is 0 Å². The fourth-order valence-electron chi connectivity index (χ4n) is 3.91. The van der Waals surface area contributed by atoms with Crippen LogP contribution in [0.5, 0.6) is 5.88 Å². The zero-order valence-electron chi connectivity index (χ0n) is 17.7. The monoisotopic (exact) mass is 452 g/mol. The molecule has 2 amide bonds. The van der Waals surface area contributed by atoms with Gasteiger partial charge in [0.15, 0.2) is 6.61 Å². The van der Waals surface area contributed by atoms with Crippen molar-refractivity contribution in [3.8, 4) is 5.88 Å². The number of rotatable bonds is 7. The number of nitrogens with zero attached hydrogens (tertiary/aromatic N) is 3. The van der Waals surface area contributed by atoms with Crippen LogP contribution in [0.15, 0.2) is 24.5 Å². The fourth-order valence-corrected chi connectivity index (χ4v) is 3.91. The molecule has 3 heterocycles. The van der Waals surface area contributed by atoms with Crippen LogP contribution >= 0.6 is 0 Å². The van der Waals surface area contributed by atoms with Gasteiger partial charge in [0.25, 0.3) is 11.8 Å². The van der Waals surface area contributed by atoms with Gasteiger partial charge in [0.1, 0.15) is 5.69 Å². The first-order valence-electron chi connectivity index (χ1n) is 9.84. The molecule has 1 aliphatic rings. The van der Waals surface area contributed by atoms with Crippen molar-refractivity contribution in [2.24, 2.45) is 11.7 Å². The predicted molar refractivity (Wildman–Crippen MR) is 107 cm³/mol. The van der Waals surface area contributed by atoms with Gasteiger partial charge in [0.05, 0.1) is 12.1 Å². The number of aliphatic hydroxyl groups is 1. The van der Waals surface area contributed by atoms with E-state index in [9.17, 15) is 27.9 Å². The van der Waals surface area contributed by atoms with Crippen LogP contribution in [0.1, 0.15) is 63.5 Å². The molecule has 2 aromatic rings. The summed E-state index contributed by atoms with van der Waals surface area (Å²) in [5, 5.41) is 9.82. The highest BCUT2D eigenvalue weighted by atomic mass is 19.4. The molecule has 172 valence electrons. The minimum atomic E-state index is -4.49. The summed E-state index contributed by atoms with van der Waals surface area (Å²) in [5.41, 5.74) is 6.96. The molecule has 1 aliphatic heterocycles. The van der Waals surface area contributed by atoms with Gasteiger partial charge < -0.3 is 20.5 Å². The molecule has 3 atom stereocenters. The number of aliphatic hydroxyl groups excluding tert-OH is 1. The molecule has 0 aliphatic carbocycles. The quantitative estimate of drug-likeness (QED) is 0.667. The Balaban J connectivity index is 1.99. The van der Waals surface area contributed by atoms with Gasteiger partial charge in [-0.05, 0) is 31.5 Å². The molecule has 0 aromatic carbocycles. The van der Waals surface area contributed by atoms with Crippen LogP contribution in [0.2, 0.25) is 0 Å². The van der Waals surface area contributed by atoms with E-state index in [0.717, 1.165) is 0 Å². The van der Waals surface area contributed by atoms with Crippen molar-refractivity contribution in [3.63, 3.8) is 0 Å². The number of primary amides is 1. The lowest BCUT2D eigenvalue weighted by atomic mass is 9.92. The van der Waals surface area contributed by atoms with Gasteiger partial charge in [-0.3, -0.25) is 14.6 Å². The van der Waals surface area contributed by atoms with Crippen LogP contribution in [0.3, 0.4) is 0 Å². The standard InChI is InChI=1S/C21H23F3N4O4/c1-10-6-13(7-27-19(10)32-9-21(22,23)24)12(3)28-17(11(2)8-29)15-14(20(28)31)4-5-26-16(15)18(25)30/h4-7,11-12,17,29H,8-9H2,1-3H3,(H2,25,30)/t11-,12?,17?/m0/s1. The Morgan fingerprint density at radius 3 is 2.59 bits per heavy atom. The molecule has 0 saturated carbocycles. The fraction of sp³-hybridized carbons (Fsp3) is 0.429. The van der Waals surface area contributed by atoms with Gasteiger partial charge in [-0.1, -0.05) is 6.92 Å². The van der Waals surface area contributed by atoms with Crippen LogP contribution in [-0.4, -0.2) is 51.2 Å². The molecule has 3 N–H and O–H groups in total. The Morgan fingerprint density at radius 1 is 1.34 bits per heavy atom. The zero-order chi connectivity index (χ0) is 23.8. The lowest BCUT2D eigenvalue weighted by Gasteiger charge is -2.34. The van der Waals surface area contributed by atoms with Crippen LogP contribution in [0.25, 0.3) is 0 Å². The van der Waals surface area contributed by atoms with Crippen molar-refractivity contribution in [1.29, 1.82) is 0 Å². The number of pyridine rings is 2. The van der Waals surface area contributed by atoms with E-state index in [1.54, 1.807) is 26.8 Å². The molecule has 3 rings (SSSR count). The van der Waals surface area contributed by atoms with E-state index in [2.05, 4.69) is 9.97 Å². The van der Waals surface area contributed by atoms with Gasteiger partial charge in [0, 0.05) is 41.6 Å². The maximum absolute atomic E-state index is 13.3. The number of fused-ring (bicyclic) bond motifs is 1. The molecule has 2 unspecified atom stereocenters. The largest absolute Gasteiger partial charge is 0.468 e. The lowest BCUT2D eigenvalue weighted by molar-refractivity contribution is -0.154. The van der Waals surface area contributed by atoms with Crippen molar-refractivity contribution in [2.45, 2.75) is 39.0 Å². The third kappa shape index (κ3) is 4.38. The highest BCUT2D eigenvalue weighted by Crippen LogP contribution is 2.44. The highest BCUT2D eigenvalue weighted by molar-refractivity contribution is 6.04. The average Bonchev–Trinajstić information content (AvgIpc) is 3.03. The van der Waals surface area contributed by atoms with E-state index in [0.29, 0.717) is 16.7 Å². The van der Waals surface area contributed by atoms with Crippen LogP contribution in [0, 0.1) is 12.8 Å². The van der Waals surface area contributed by atoms with Crippen LogP contribution in [0.4, 0.5) is 13.2 Å². The Labute approximate surface area is 182 Å². The summed E-state index contributed by atoms with van der Waals surface area (Å²) in [6.45, 7) is 3.27. The summed E-state index contributed by atoms with van der Waals surface area (Å²) >= 11 is 0. The van der Waals surface area contributed by atoms with Gasteiger partial charge in [-0.15, -0.1) is 0 Å².